The first-order valence-electron chi connectivity index (χ1n) is 5.62. The normalized spacial score (nSPS) is 10.3. The highest BCUT2D eigenvalue weighted by atomic mass is 35.5. The van der Waals surface area contributed by atoms with Gasteiger partial charge >= 0.3 is 5.97 Å². The van der Waals surface area contributed by atoms with Crippen LogP contribution in [0.25, 0.3) is 0 Å². The van der Waals surface area contributed by atoms with Crippen LogP contribution in [-0.4, -0.2) is 13.1 Å². The molecule has 2 rings (SSSR count). The third kappa shape index (κ3) is 3.23. The average Bonchev–Trinajstić information content (AvgIpc) is 2.40. The Morgan fingerprint density at radius 2 is 2.10 bits per heavy atom. The predicted molar refractivity (Wildman–Crippen MR) is 77.7 cm³/mol. The van der Waals surface area contributed by atoms with Gasteiger partial charge in [0.1, 0.15) is 5.82 Å². The predicted octanol–water partition coefficient (Wildman–Crippen LogP) is 4.00. The molecule has 20 heavy (non-hydrogen) atoms. The number of hydrogen-bond donors (Lipinski definition) is 1. The van der Waals surface area contributed by atoms with Crippen LogP contribution in [0.4, 0.5) is 10.1 Å². The van der Waals surface area contributed by atoms with E-state index >= 15 is 0 Å². The van der Waals surface area contributed by atoms with Crippen LogP contribution in [0.3, 0.4) is 0 Å². The van der Waals surface area contributed by atoms with Gasteiger partial charge in [0.25, 0.3) is 0 Å². The molecular formula is C14H11ClFNO2S. The lowest BCUT2D eigenvalue weighted by molar-refractivity contribution is 0.0597. The Bertz CT molecular complexity index is 664. The van der Waals surface area contributed by atoms with Crippen molar-refractivity contribution in [1.82, 2.24) is 0 Å². The number of halogens is 2. The number of rotatable bonds is 3. The van der Waals surface area contributed by atoms with Gasteiger partial charge in [-0.05, 0) is 30.3 Å². The fourth-order valence-electron chi connectivity index (χ4n) is 1.63. The first-order chi connectivity index (χ1) is 9.51. The van der Waals surface area contributed by atoms with Gasteiger partial charge in [-0.3, -0.25) is 0 Å². The minimum absolute atomic E-state index is 0.256. The molecule has 2 aromatic carbocycles. The summed E-state index contributed by atoms with van der Waals surface area (Å²) >= 11 is 7.30. The van der Waals surface area contributed by atoms with Gasteiger partial charge in [0, 0.05) is 15.5 Å². The first kappa shape index (κ1) is 14.7. The molecule has 0 radical (unpaired) electrons. The fourth-order valence-corrected chi connectivity index (χ4v) is 2.93. The van der Waals surface area contributed by atoms with Crippen molar-refractivity contribution in [3.63, 3.8) is 0 Å². The molecule has 0 saturated heterocycles. The van der Waals surface area contributed by atoms with Gasteiger partial charge in [-0.2, -0.15) is 0 Å². The highest BCUT2D eigenvalue weighted by Crippen LogP contribution is 2.38. The molecule has 0 bridgehead atoms. The second-order valence-corrected chi connectivity index (χ2v) is 5.42. The van der Waals surface area contributed by atoms with Crippen molar-refractivity contribution in [2.24, 2.45) is 0 Å². The van der Waals surface area contributed by atoms with Crippen molar-refractivity contribution in [3.05, 3.63) is 52.8 Å². The molecule has 0 spiro atoms. The van der Waals surface area contributed by atoms with E-state index in [1.807, 2.05) is 0 Å². The molecule has 0 unspecified atom stereocenters. The molecule has 2 N–H and O–H groups in total. The van der Waals surface area contributed by atoms with Crippen LogP contribution in [0, 0.1) is 5.82 Å². The van der Waals surface area contributed by atoms with E-state index < -0.39 is 5.97 Å². The number of carbonyl (C=O) groups is 1. The topological polar surface area (TPSA) is 52.3 Å². The van der Waals surface area contributed by atoms with Crippen LogP contribution in [0.2, 0.25) is 5.02 Å². The third-order valence-electron chi connectivity index (χ3n) is 2.49. The standard InChI is InChI=1S/C14H11ClFNO2S/c1-19-14(18)11-6-9(17)7-12(15)13(11)20-10-4-2-3-8(16)5-10/h2-7H,17H2,1H3. The second-order valence-electron chi connectivity index (χ2n) is 3.93. The smallest absolute Gasteiger partial charge is 0.339 e. The maximum Gasteiger partial charge on any atom is 0.339 e. The maximum atomic E-state index is 13.2. The summed E-state index contributed by atoms with van der Waals surface area (Å²) in [6, 6.07) is 9.03. The summed E-state index contributed by atoms with van der Waals surface area (Å²) in [7, 11) is 1.27. The van der Waals surface area contributed by atoms with Gasteiger partial charge in [-0.15, -0.1) is 0 Å². The lowest BCUT2D eigenvalue weighted by atomic mass is 10.2. The summed E-state index contributed by atoms with van der Waals surface area (Å²) in [6.07, 6.45) is 0. The zero-order valence-corrected chi connectivity index (χ0v) is 12.1. The average molecular weight is 312 g/mol. The van der Waals surface area contributed by atoms with Crippen molar-refractivity contribution in [3.8, 4) is 0 Å². The van der Waals surface area contributed by atoms with Crippen LogP contribution >= 0.6 is 23.4 Å². The summed E-state index contributed by atoms with van der Waals surface area (Å²) in [6.45, 7) is 0. The molecule has 0 amide bonds. The van der Waals surface area contributed by atoms with Crippen LogP contribution in [0.5, 0.6) is 0 Å². The molecule has 6 heteroatoms. The lowest BCUT2D eigenvalue weighted by Crippen LogP contribution is -2.04. The fraction of sp³-hybridized carbons (Fsp3) is 0.0714. The Labute approximate surface area is 124 Å². The molecule has 104 valence electrons. The SMILES string of the molecule is COC(=O)c1cc(N)cc(Cl)c1Sc1cccc(F)c1. The van der Waals surface area contributed by atoms with Crippen molar-refractivity contribution in [1.29, 1.82) is 0 Å². The third-order valence-corrected chi connectivity index (χ3v) is 4.03. The molecule has 3 nitrogen and oxygen atoms in total. The van der Waals surface area contributed by atoms with Gasteiger partial charge in [0.15, 0.2) is 0 Å². The van der Waals surface area contributed by atoms with Gasteiger partial charge < -0.3 is 10.5 Å². The van der Waals surface area contributed by atoms with E-state index in [2.05, 4.69) is 0 Å². The minimum atomic E-state index is -0.543. The van der Waals surface area contributed by atoms with Crippen LogP contribution in [0.15, 0.2) is 46.2 Å². The summed E-state index contributed by atoms with van der Waals surface area (Å²) in [5.41, 5.74) is 6.29. The van der Waals surface area contributed by atoms with Gasteiger partial charge in [0.05, 0.1) is 17.7 Å². The Morgan fingerprint density at radius 1 is 1.35 bits per heavy atom. The molecule has 0 aromatic heterocycles. The van der Waals surface area contributed by atoms with E-state index in [-0.39, 0.29) is 11.4 Å². The van der Waals surface area contributed by atoms with Crippen LogP contribution in [0.1, 0.15) is 10.4 Å². The van der Waals surface area contributed by atoms with E-state index in [9.17, 15) is 9.18 Å². The van der Waals surface area contributed by atoms with E-state index in [4.69, 9.17) is 22.1 Å². The van der Waals surface area contributed by atoms with E-state index in [0.29, 0.717) is 20.5 Å². The Balaban J connectivity index is 2.47. The monoisotopic (exact) mass is 311 g/mol. The van der Waals surface area contributed by atoms with Crippen molar-refractivity contribution in [2.45, 2.75) is 9.79 Å². The van der Waals surface area contributed by atoms with E-state index in [1.54, 1.807) is 12.1 Å². The summed E-state index contributed by atoms with van der Waals surface area (Å²) in [4.78, 5) is 12.9. The maximum absolute atomic E-state index is 13.2. The number of nitrogen functional groups attached to an aromatic ring is 1. The molecule has 0 aliphatic heterocycles. The van der Waals surface area contributed by atoms with E-state index in [1.165, 1.54) is 43.1 Å². The summed E-state index contributed by atoms with van der Waals surface area (Å²) in [5.74, 6) is -0.903. The van der Waals surface area contributed by atoms with E-state index in [0.717, 1.165) is 0 Å². The van der Waals surface area contributed by atoms with Crippen LogP contribution < -0.4 is 5.73 Å². The lowest BCUT2D eigenvalue weighted by Gasteiger charge is -2.11. The zero-order valence-electron chi connectivity index (χ0n) is 10.5. The Morgan fingerprint density at radius 3 is 2.75 bits per heavy atom. The highest BCUT2D eigenvalue weighted by molar-refractivity contribution is 7.99. The molecule has 0 fully saturated rings. The van der Waals surface area contributed by atoms with Crippen molar-refractivity contribution >= 4 is 35.0 Å². The number of ether oxygens (including phenoxy) is 1. The molecule has 0 atom stereocenters. The molecule has 0 aliphatic carbocycles. The summed E-state index contributed by atoms with van der Waals surface area (Å²) in [5, 5.41) is 0.319. The molecule has 0 aliphatic rings. The number of hydrogen-bond acceptors (Lipinski definition) is 4. The number of esters is 1. The quantitative estimate of drug-likeness (QED) is 0.687. The number of benzene rings is 2. The molecular weight excluding hydrogens is 301 g/mol. The summed E-state index contributed by atoms with van der Waals surface area (Å²) < 4.78 is 17.9. The number of anilines is 1. The number of nitrogens with two attached hydrogens (primary N) is 1. The number of carbonyl (C=O) groups excluding carboxylic acids is 1. The molecule has 0 saturated carbocycles. The zero-order chi connectivity index (χ0) is 14.7. The molecule has 2 aromatic rings. The minimum Gasteiger partial charge on any atom is -0.465 e. The van der Waals surface area contributed by atoms with Gasteiger partial charge in [-0.25, -0.2) is 9.18 Å². The van der Waals surface area contributed by atoms with Gasteiger partial charge in [0.2, 0.25) is 0 Å². The Hall–Kier alpha value is -1.72. The second kappa shape index (κ2) is 6.15. The number of methoxy groups -OCH3 is 1. The van der Waals surface area contributed by atoms with Crippen molar-refractivity contribution < 1.29 is 13.9 Å². The largest absolute Gasteiger partial charge is 0.465 e. The van der Waals surface area contributed by atoms with Crippen molar-refractivity contribution in [2.75, 3.05) is 12.8 Å². The van der Waals surface area contributed by atoms with Gasteiger partial charge in [-0.1, -0.05) is 29.4 Å². The highest BCUT2D eigenvalue weighted by Gasteiger charge is 2.17. The Kier molecular flexibility index (Phi) is 4.52. The molecule has 0 heterocycles. The first-order valence-corrected chi connectivity index (χ1v) is 6.81. The van der Waals surface area contributed by atoms with Crippen LogP contribution in [-0.2, 0) is 4.74 Å².